The molecule has 0 bridgehead atoms. The van der Waals surface area contributed by atoms with Crippen LogP contribution in [-0.2, 0) is 10.2 Å². The summed E-state index contributed by atoms with van der Waals surface area (Å²) in [5.74, 6) is 1.77. The molecule has 2 aromatic heterocycles. The highest BCUT2D eigenvalue weighted by Crippen LogP contribution is 2.50. The molecule has 2 N–H and O–H groups in total. The van der Waals surface area contributed by atoms with Crippen LogP contribution in [0.5, 0.6) is 0 Å². The largest absolute Gasteiger partial charge is 0.381 e. The summed E-state index contributed by atoms with van der Waals surface area (Å²) < 4.78 is 7.62. The maximum absolute atomic E-state index is 5.76. The Balaban J connectivity index is 1.60. The standard InChI is InChI=1S/C18H28N6O/c1-17(2,3)16-22-21-15-6-5-14(23-24(15)16)20-12-11-13(25-4)18(12)7-9-19-10-8-18/h5-6,12-13,19H,7-11H2,1-4H3,(H,20,23). The number of ether oxygens (including phenoxy) is 1. The molecule has 2 aromatic rings. The number of anilines is 1. The van der Waals surface area contributed by atoms with E-state index in [1.807, 2.05) is 23.8 Å². The first-order chi connectivity index (χ1) is 11.9. The van der Waals surface area contributed by atoms with Gasteiger partial charge < -0.3 is 15.4 Å². The van der Waals surface area contributed by atoms with Crippen LogP contribution < -0.4 is 10.6 Å². The zero-order valence-electron chi connectivity index (χ0n) is 15.5. The first kappa shape index (κ1) is 16.7. The van der Waals surface area contributed by atoms with Crippen LogP contribution in [0.4, 0.5) is 5.82 Å². The molecule has 7 nitrogen and oxygen atoms in total. The quantitative estimate of drug-likeness (QED) is 0.887. The molecule has 136 valence electrons. The van der Waals surface area contributed by atoms with Gasteiger partial charge in [-0.05, 0) is 44.5 Å². The lowest BCUT2D eigenvalue weighted by molar-refractivity contribution is -0.116. The summed E-state index contributed by atoms with van der Waals surface area (Å²) in [7, 11) is 1.84. The zero-order valence-corrected chi connectivity index (χ0v) is 15.5. The fourth-order valence-electron chi connectivity index (χ4n) is 4.36. The van der Waals surface area contributed by atoms with E-state index < -0.39 is 0 Å². The summed E-state index contributed by atoms with van der Waals surface area (Å²) in [6.45, 7) is 8.51. The molecule has 25 heavy (non-hydrogen) atoms. The van der Waals surface area contributed by atoms with Crippen LogP contribution >= 0.6 is 0 Å². The third-order valence-corrected chi connectivity index (χ3v) is 5.86. The normalized spacial score (nSPS) is 25.9. The Bertz CT molecular complexity index is 759. The van der Waals surface area contributed by atoms with Gasteiger partial charge in [-0.1, -0.05) is 20.8 Å². The number of methoxy groups -OCH3 is 1. The molecule has 0 radical (unpaired) electrons. The molecular formula is C18H28N6O. The van der Waals surface area contributed by atoms with Crippen LogP contribution in [0.2, 0.25) is 0 Å². The molecule has 1 saturated carbocycles. The van der Waals surface area contributed by atoms with Crippen molar-refractivity contribution in [3.8, 4) is 0 Å². The molecule has 0 aromatic carbocycles. The summed E-state index contributed by atoms with van der Waals surface area (Å²) in [6, 6.07) is 4.39. The van der Waals surface area contributed by atoms with Gasteiger partial charge >= 0.3 is 0 Å². The minimum Gasteiger partial charge on any atom is -0.381 e. The molecule has 1 spiro atoms. The Hall–Kier alpha value is -1.73. The van der Waals surface area contributed by atoms with E-state index in [1.165, 1.54) is 0 Å². The second kappa shape index (κ2) is 5.92. The number of hydrogen-bond acceptors (Lipinski definition) is 6. The maximum Gasteiger partial charge on any atom is 0.178 e. The molecule has 2 atom stereocenters. The summed E-state index contributed by atoms with van der Waals surface area (Å²) in [6.07, 6.45) is 3.66. The number of hydrogen-bond donors (Lipinski definition) is 2. The second-order valence-corrected chi connectivity index (χ2v) is 8.40. The van der Waals surface area contributed by atoms with E-state index in [1.54, 1.807) is 0 Å². The van der Waals surface area contributed by atoms with Crippen molar-refractivity contribution in [3.63, 3.8) is 0 Å². The zero-order chi connectivity index (χ0) is 17.7. The van der Waals surface area contributed by atoms with Gasteiger partial charge in [0.25, 0.3) is 0 Å². The third kappa shape index (κ3) is 2.69. The number of nitrogens with zero attached hydrogens (tertiary/aromatic N) is 4. The number of nitrogens with one attached hydrogen (secondary N) is 2. The number of aromatic nitrogens is 4. The lowest BCUT2D eigenvalue weighted by Crippen LogP contribution is -2.64. The molecule has 2 fully saturated rings. The van der Waals surface area contributed by atoms with E-state index in [-0.39, 0.29) is 10.8 Å². The smallest absolute Gasteiger partial charge is 0.178 e. The van der Waals surface area contributed by atoms with Gasteiger partial charge in [0.2, 0.25) is 0 Å². The van der Waals surface area contributed by atoms with Crippen molar-refractivity contribution in [2.45, 2.75) is 57.6 Å². The van der Waals surface area contributed by atoms with Crippen molar-refractivity contribution < 1.29 is 4.74 Å². The van der Waals surface area contributed by atoms with Gasteiger partial charge in [-0.25, -0.2) is 0 Å². The van der Waals surface area contributed by atoms with E-state index in [9.17, 15) is 0 Å². The molecule has 7 heteroatoms. The highest BCUT2D eigenvalue weighted by Gasteiger charge is 2.55. The molecule has 2 aliphatic rings. The fourth-order valence-corrected chi connectivity index (χ4v) is 4.36. The Morgan fingerprint density at radius 1 is 1.24 bits per heavy atom. The maximum atomic E-state index is 5.76. The first-order valence-electron chi connectivity index (χ1n) is 9.17. The minimum atomic E-state index is -0.0983. The van der Waals surface area contributed by atoms with Gasteiger partial charge in [-0.2, -0.15) is 4.52 Å². The average molecular weight is 344 g/mol. The van der Waals surface area contributed by atoms with Gasteiger partial charge in [-0.15, -0.1) is 15.3 Å². The highest BCUT2D eigenvalue weighted by molar-refractivity contribution is 5.46. The van der Waals surface area contributed by atoms with Crippen molar-refractivity contribution in [1.82, 2.24) is 25.1 Å². The molecular weight excluding hydrogens is 316 g/mol. The van der Waals surface area contributed by atoms with Crippen LogP contribution in [0.15, 0.2) is 12.1 Å². The number of piperidine rings is 1. The molecule has 2 unspecified atom stereocenters. The van der Waals surface area contributed by atoms with Crippen LogP contribution in [0.3, 0.4) is 0 Å². The highest BCUT2D eigenvalue weighted by atomic mass is 16.5. The number of rotatable bonds is 3. The average Bonchev–Trinajstić information content (AvgIpc) is 3.02. The lowest BCUT2D eigenvalue weighted by atomic mass is 9.57. The van der Waals surface area contributed by atoms with E-state index in [0.29, 0.717) is 12.1 Å². The van der Waals surface area contributed by atoms with Crippen molar-refractivity contribution >= 4 is 11.5 Å². The minimum absolute atomic E-state index is 0.0983. The second-order valence-electron chi connectivity index (χ2n) is 8.40. The fraction of sp³-hybridized carbons (Fsp3) is 0.722. The Kier molecular flexibility index (Phi) is 3.96. The first-order valence-corrected chi connectivity index (χ1v) is 9.17. The predicted octanol–water partition coefficient (Wildman–Crippen LogP) is 1.99. The van der Waals surface area contributed by atoms with E-state index in [2.05, 4.69) is 41.6 Å². The Morgan fingerprint density at radius 3 is 2.68 bits per heavy atom. The topological polar surface area (TPSA) is 76.4 Å². The molecule has 3 heterocycles. The summed E-state index contributed by atoms with van der Waals surface area (Å²) in [5, 5.41) is 20.5. The van der Waals surface area contributed by atoms with Crippen LogP contribution in [-0.4, -0.2) is 52.2 Å². The predicted molar refractivity (Wildman–Crippen MR) is 96.8 cm³/mol. The molecule has 4 rings (SSSR count). The van der Waals surface area contributed by atoms with Crippen molar-refractivity contribution in [3.05, 3.63) is 18.0 Å². The number of fused-ring (bicyclic) bond motifs is 1. The van der Waals surface area contributed by atoms with Gasteiger partial charge in [0.1, 0.15) is 5.82 Å². The SMILES string of the molecule is COC1CC(Nc2ccc3nnc(C(C)(C)C)n3n2)C12CCNCC2. The van der Waals surface area contributed by atoms with Gasteiger partial charge in [-0.3, -0.25) is 0 Å². The summed E-state index contributed by atoms with van der Waals surface area (Å²) in [4.78, 5) is 0. The van der Waals surface area contributed by atoms with Gasteiger partial charge in [0, 0.05) is 24.0 Å². The van der Waals surface area contributed by atoms with Crippen LogP contribution in [0.25, 0.3) is 5.65 Å². The molecule has 0 amide bonds. The van der Waals surface area contributed by atoms with Crippen LogP contribution in [0, 0.1) is 5.41 Å². The van der Waals surface area contributed by atoms with Crippen molar-refractivity contribution in [2.75, 3.05) is 25.5 Å². The molecule has 1 aliphatic heterocycles. The summed E-state index contributed by atoms with van der Waals surface area (Å²) >= 11 is 0. The summed E-state index contributed by atoms with van der Waals surface area (Å²) in [5.41, 5.74) is 0.908. The Labute approximate surface area is 148 Å². The van der Waals surface area contributed by atoms with Crippen molar-refractivity contribution in [1.29, 1.82) is 0 Å². The third-order valence-electron chi connectivity index (χ3n) is 5.86. The van der Waals surface area contributed by atoms with E-state index in [0.717, 1.165) is 49.6 Å². The lowest BCUT2D eigenvalue weighted by Gasteiger charge is -2.57. The van der Waals surface area contributed by atoms with Crippen molar-refractivity contribution in [2.24, 2.45) is 5.41 Å². The molecule has 1 saturated heterocycles. The van der Waals surface area contributed by atoms with Gasteiger partial charge in [0.15, 0.2) is 11.5 Å². The van der Waals surface area contributed by atoms with E-state index >= 15 is 0 Å². The van der Waals surface area contributed by atoms with Crippen LogP contribution in [0.1, 0.15) is 45.9 Å². The Morgan fingerprint density at radius 2 is 2.00 bits per heavy atom. The molecule has 1 aliphatic carbocycles. The van der Waals surface area contributed by atoms with E-state index in [4.69, 9.17) is 9.84 Å². The van der Waals surface area contributed by atoms with Gasteiger partial charge in [0.05, 0.1) is 6.10 Å². The monoisotopic (exact) mass is 344 g/mol.